The van der Waals surface area contributed by atoms with Gasteiger partial charge in [-0.2, -0.15) is 0 Å². The van der Waals surface area contributed by atoms with Crippen LogP contribution in [-0.2, 0) is 13.1 Å². The summed E-state index contributed by atoms with van der Waals surface area (Å²) in [5.74, 6) is 0.0588. The fourth-order valence-corrected chi connectivity index (χ4v) is 4.37. The molecule has 4 heterocycles. The SMILES string of the molecule is C[C@@H](O)c1ccc(Nc2ccc(-c3cnc4cc(F)ccn34)c3c2C(=O)NC3)nc1CN(C)C. The Morgan fingerprint density at radius 2 is 2.09 bits per heavy atom. The standard InChI is InChI=1S/C25H25FN6O2/c1-14(33)16-5-7-22(30-20(16)13-31(2)3)29-19-6-4-17(18-11-28-25(34)24(18)19)21-12-27-23-10-15(26)8-9-32(21)23/h4-10,12,14,33H,11,13H2,1-3H3,(H,28,34)(H,29,30)/t14-/m1/s1. The number of rotatable bonds is 6. The summed E-state index contributed by atoms with van der Waals surface area (Å²) in [6.45, 7) is 2.67. The third-order valence-corrected chi connectivity index (χ3v) is 5.91. The number of hydrogen-bond donors (Lipinski definition) is 3. The Labute approximate surface area is 196 Å². The molecule has 0 saturated carbocycles. The third-order valence-electron chi connectivity index (χ3n) is 5.91. The molecule has 1 amide bonds. The van der Waals surface area contributed by atoms with Gasteiger partial charge in [0.15, 0.2) is 0 Å². The van der Waals surface area contributed by atoms with Crippen molar-refractivity contribution < 1.29 is 14.3 Å². The van der Waals surface area contributed by atoms with Gasteiger partial charge in [0, 0.05) is 36.5 Å². The molecule has 0 spiro atoms. The Morgan fingerprint density at radius 3 is 2.85 bits per heavy atom. The Bertz CT molecular complexity index is 1410. The van der Waals surface area contributed by atoms with Gasteiger partial charge in [0.05, 0.1) is 34.9 Å². The molecule has 1 aliphatic heterocycles. The molecule has 0 fully saturated rings. The molecule has 1 aliphatic rings. The van der Waals surface area contributed by atoms with Gasteiger partial charge in [0.1, 0.15) is 17.3 Å². The number of aromatic nitrogens is 3. The molecule has 4 aromatic rings. The number of amides is 1. The summed E-state index contributed by atoms with van der Waals surface area (Å²) in [7, 11) is 3.89. The summed E-state index contributed by atoms with van der Waals surface area (Å²) >= 11 is 0. The molecule has 34 heavy (non-hydrogen) atoms. The molecule has 174 valence electrons. The van der Waals surface area contributed by atoms with Crippen molar-refractivity contribution in [1.82, 2.24) is 24.6 Å². The number of hydrogen-bond acceptors (Lipinski definition) is 6. The monoisotopic (exact) mass is 460 g/mol. The van der Waals surface area contributed by atoms with Crippen LogP contribution in [0.5, 0.6) is 0 Å². The number of nitrogens with one attached hydrogen (secondary N) is 2. The van der Waals surface area contributed by atoms with Crippen LogP contribution < -0.4 is 10.6 Å². The zero-order valence-corrected chi connectivity index (χ0v) is 19.1. The Balaban J connectivity index is 1.56. The minimum Gasteiger partial charge on any atom is -0.389 e. The van der Waals surface area contributed by atoms with E-state index in [1.54, 1.807) is 29.8 Å². The second-order valence-corrected chi connectivity index (χ2v) is 8.68. The van der Waals surface area contributed by atoms with Crippen molar-refractivity contribution in [2.24, 2.45) is 0 Å². The van der Waals surface area contributed by atoms with E-state index in [0.717, 1.165) is 28.1 Å². The maximum atomic E-state index is 13.6. The predicted octanol–water partition coefficient (Wildman–Crippen LogP) is 3.64. The van der Waals surface area contributed by atoms with E-state index in [2.05, 4.69) is 15.6 Å². The van der Waals surface area contributed by atoms with E-state index in [1.807, 2.05) is 37.2 Å². The van der Waals surface area contributed by atoms with E-state index >= 15 is 0 Å². The van der Waals surface area contributed by atoms with E-state index in [4.69, 9.17) is 4.98 Å². The summed E-state index contributed by atoms with van der Waals surface area (Å²) in [5.41, 5.74) is 5.69. The molecular weight excluding hydrogens is 435 g/mol. The number of carbonyl (C=O) groups excluding carboxylic acids is 1. The lowest BCUT2D eigenvalue weighted by molar-refractivity contribution is 0.0966. The first-order valence-electron chi connectivity index (χ1n) is 11.0. The lowest BCUT2D eigenvalue weighted by Crippen LogP contribution is -2.16. The van der Waals surface area contributed by atoms with Crippen LogP contribution in [0, 0.1) is 5.82 Å². The van der Waals surface area contributed by atoms with Gasteiger partial charge >= 0.3 is 0 Å². The van der Waals surface area contributed by atoms with Gasteiger partial charge in [-0.05, 0) is 44.8 Å². The van der Waals surface area contributed by atoms with Crippen LogP contribution in [0.4, 0.5) is 15.9 Å². The number of pyridine rings is 2. The number of anilines is 2. The Morgan fingerprint density at radius 1 is 1.26 bits per heavy atom. The largest absolute Gasteiger partial charge is 0.389 e. The van der Waals surface area contributed by atoms with Gasteiger partial charge in [0.25, 0.3) is 5.91 Å². The Hall–Kier alpha value is -3.82. The number of carbonyl (C=O) groups is 1. The van der Waals surface area contributed by atoms with E-state index in [1.165, 1.54) is 12.1 Å². The first-order chi connectivity index (χ1) is 16.3. The molecule has 9 heteroatoms. The predicted molar refractivity (Wildman–Crippen MR) is 127 cm³/mol. The van der Waals surface area contributed by atoms with Crippen molar-refractivity contribution in [3.63, 3.8) is 0 Å². The van der Waals surface area contributed by atoms with Crippen molar-refractivity contribution in [2.75, 3.05) is 19.4 Å². The smallest absolute Gasteiger partial charge is 0.254 e. The molecule has 5 rings (SSSR count). The molecule has 3 N–H and O–H groups in total. The lowest BCUT2D eigenvalue weighted by Gasteiger charge is -2.18. The molecule has 1 atom stereocenters. The highest BCUT2D eigenvalue weighted by Gasteiger charge is 2.27. The molecule has 3 aromatic heterocycles. The van der Waals surface area contributed by atoms with Gasteiger partial charge < -0.3 is 20.6 Å². The van der Waals surface area contributed by atoms with Crippen LogP contribution in [0.2, 0.25) is 0 Å². The second-order valence-electron chi connectivity index (χ2n) is 8.68. The van der Waals surface area contributed by atoms with Gasteiger partial charge in [-0.15, -0.1) is 0 Å². The van der Waals surface area contributed by atoms with Gasteiger partial charge in [0.2, 0.25) is 0 Å². The summed E-state index contributed by atoms with van der Waals surface area (Å²) in [5, 5.41) is 16.3. The van der Waals surface area contributed by atoms with Crippen molar-refractivity contribution in [1.29, 1.82) is 0 Å². The van der Waals surface area contributed by atoms with Crippen molar-refractivity contribution >= 4 is 23.1 Å². The van der Waals surface area contributed by atoms with Crippen molar-refractivity contribution in [2.45, 2.75) is 26.1 Å². The zero-order valence-electron chi connectivity index (χ0n) is 19.1. The van der Waals surface area contributed by atoms with Gasteiger partial charge in [-0.25, -0.2) is 14.4 Å². The van der Waals surface area contributed by atoms with E-state index in [9.17, 15) is 14.3 Å². The number of nitrogens with zero attached hydrogens (tertiary/aromatic N) is 4. The van der Waals surface area contributed by atoms with E-state index in [-0.39, 0.29) is 11.7 Å². The van der Waals surface area contributed by atoms with Crippen molar-refractivity contribution in [3.05, 3.63) is 77.0 Å². The second kappa shape index (κ2) is 8.51. The molecule has 8 nitrogen and oxygen atoms in total. The van der Waals surface area contributed by atoms with Gasteiger partial charge in [-0.1, -0.05) is 12.1 Å². The number of imidazole rings is 1. The highest BCUT2D eigenvalue weighted by molar-refractivity contribution is 6.06. The van der Waals surface area contributed by atoms with Crippen LogP contribution in [0.1, 0.15) is 40.2 Å². The first kappa shape index (κ1) is 22.0. The third kappa shape index (κ3) is 3.89. The number of aliphatic hydroxyl groups excluding tert-OH is 1. The molecular formula is C25H25FN6O2. The lowest BCUT2D eigenvalue weighted by atomic mass is 9.99. The fraction of sp³-hybridized carbons (Fsp3) is 0.240. The maximum absolute atomic E-state index is 13.6. The molecule has 0 saturated heterocycles. The van der Waals surface area contributed by atoms with Crippen LogP contribution in [0.25, 0.3) is 16.9 Å². The summed E-state index contributed by atoms with van der Waals surface area (Å²) < 4.78 is 15.4. The highest BCUT2D eigenvalue weighted by atomic mass is 19.1. The molecule has 0 aliphatic carbocycles. The van der Waals surface area contributed by atoms with Crippen LogP contribution in [-0.4, -0.2) is 44.4 Å². The quantitative estimate of drug-likeness (QED) is 0.407. The first-order valence-corrected chi connectivity index (χ1v) is 11.0. The Kier molecular flexibility index (Phi) is 5.51. The van der Waals surface area contributed by atoms with Crippen molar-refractivity contribution in [3.8, 4) is 11.3 Å². The normalized spacial score (nSPS) is 13.9. The molecule has 1 aromatic carbocycles. The number of halogens is 1. The molecule has 0 bridgehead atoms. The topological polar surface area (TPSA) is 94.8 Å². The number of fused-ring (bicyclic) bond motifs is 2. The van der Waals surface area contributed by atoms with Crippen LogP contribution >= 0.6 is 0 Å². The van der Waals surface area contributed by atoms with E-state index < -0.39 is 6.10 Å². The van der Waals surface area contributed by atoms with Crippen LogP contribution in [0.3, 0.4) is 0 Å². The maximum Gasteiger partial charge on any atom is 0.254 e. The highest BCUT2D eigenvalue weighted by Crippen LogP contribution is 2.35. The summed E-state index contributed by atoms with van der Waals surface area (Å²) in [4.78, 5) is 23.8. The average Bonchev–Trinajstić information content (AvgIpc) is 3.37. The van der Waals surface area contributed by atoms with Gasteiger partial charge in [-0.3, -0.25) is 9.20 Å². The number of aliphatic hydroxyl groups is 1. The van der Waals surface area contributed by atoms with E-state index in [0.29, 0.717) is 35.8 Å². The fourth-order valence-electron chi connectivity index (χ4n) is 4.37. The molecule has 0 radical (unpaired) electrons. The molecule has 0 unspecified atom stereocenters. The number of benzene rings is 1. The average molecular weight is 461 g/mol. The summed E-state index contributed by atoms with van der Waals surface area (Å²) in [6.07, 6.45) is 2.68. The minimum absolute atomic E-state index is 0.173. The minimum atomic E-state index is -0.634. The van der Waals surface area contributed by atoms with Crippen LogP contribution in [0.15, 0.2) is 48.8 Å². The zero-order chi connectivity index (χ0) is 24.0. The summed E-state index contributed by atoms with van der Waals surface area (Å²) in [6, 6.07) is 10.2.